The number of aliphatic carboxylic acids is 1. The summed E-state index contributed by atoms with van der Waals surface area (Å²) in [4.78, 5) is 56.3. The number of rotatable bonds is 15. The van der Waals surface area contributed by atoms with Gasteiger partial charge in [0.2, 0.25) is 17.8 Å². The van der Waals surface area contributed by atoms with Gasteiger partial charge in [0.05, 0.1) is 42.1 Å². The quantitative estimate of drug-likeness (QED) is 0.0775. The number of nitrogens with one attached hydrogen (secondary N) is 1. The highest BCUT2D eigenvalue weighted by molar-refractivity contribution is 7.83. The lowest BCUT2D eigenvalue weighted by molar-refractivity contribution is -0.147. The lowest BCUT2D eigenvalue weighted by Gasteiger charge is -2.50. The number of carboxylic acids is 1. The normalized spacial score (nSPS) is 18.6. The van der Waals surface area contributed by atoms with E-state index in [1.807, 2.05) is 84.9 Å². The molecular formula is C48H52ClN8O7P. The van der Waals surface area contributed by atoms with E-state index in [0.29, 0.717) is 36.5 Å². The average molecular weight is 919 g/mol. The molecule has 8 rings (SSSR count). The van der Waals surface area contributed by atoms with E-state index in [0.717, 1.165) is 22.3 Å². The molecule has 4 heterocycles. The lowest BCUT2D eigenvalue weighted by atomic mass is 9.75. The maximum absolute atomic E-state index is 14.1. The molecule has 0 spiro atoms. The Morgan fingerprint density at radius 1 is 0.831 bits per heavy atom. The zero-order valence-corrected chi connectivity index (χ0v) is 38.1. The number of carbonyl (C=O) groups excluding carboxylic acids is 2. The maximum atomic E-state index is 14.1. The van der Waals surface area contributed by atoms with E-state index in [-0.39, 0.29) is 56.8 Å². The van der Waals surface area contributed by atoms with Gasteiger partial charge in [-0.2, -0.15) is 4.98 Å². The topological polar surface area (TPSA) is 172 Å². The molecule has 2 aromatic heterocycles. The Hall–Kier alpha value is -5.80. The van der Waals surface area contributed by atoms with Crippen LogP contribution in [0.15, 0.2) is 128 Å². The molecule has 6 aromatic rings. The van der Waals surface area contributed by atoms with E-state index >= 15 is 0 Å². The van der Waals surface area contributed by atoms with Crippen LogP contribution < -0.4 is 5.32 Å². The Morgan fingerprint density at radius 3 is 1.92 bits per heavy atom. The number of carbonyl (C=O) groups is 3. The van der Waals surface area contributed by atoms with Crippen LogP contribution in [0.4, 0.5) is 5.95 Å². The van der Waals surface area contributed by atoms with Crippen LogP contribution in [0.3, 0.4) is 0 Å². The number of imidazole rings is 1. The number of carboxylic acid groups (broad SMARTS) is 1. The zero-order chi connectivity index (χ0) is 45.8. The van der Waals surface area contributed by atoms with Gasteiger partial charge in [0.1, 0.15) is 11.7 Å². The number of ether oxygens (including phenoxy) is 1. The van der Waals surface area contributed by atoms with Gasteiger partial charge >= 0.3 is 12.8 Å². The van der Waals surface area contributed by atoms with Crippen molar-refractivity contribution < 1.29 is 33.3 Å². The fourth-order valence-corrected chi connectivity index (χ4v) is 10.5. The second-order valence-electron chi connectivity index (χ2n) is 17.0. The molecule has 2 amide bonds. The SMILES string of the molecule is CC(=O)N1CCN(P(=O)(Cl)OCC2CN(C(c3ccccc3)(c3ccccc3)c3ccccc3)CC(n3cnc4c(CC(C)(C)C(=O)O)nc(NC(=O)Cc5ccccc5)nc43)O2)CC1. The molecule has 15 nitrogen and oxygen atoms in total. The molecule has 4 aromatic carbocycles. The molecule has 2 aliphatic rings. The minimum Gasteiger partial charge on any atom is -0.481 e. The van der Waals surface area contributed by atoms with Crippen LogP contribution in [0.5, 0.6) is 0 Å². The summed E-state index contributed by atoms with van der Waals surface area (Å²) in [7, 11) is 0. The Kier molecular flexibility index (Phi) is 13.6. The van der Waals surface area contributed by atoms with Crippen LogP contribution in [0.1, 0.15) is 54.9 Å². The van der Waals surface area contributed by atoms with Crippen molar-refractivity contribution in [1.82, 2.24) is 34.0 Å². The highest BCUT2D eigenvalue weighted by Crippen LogP contribution is 2.56. The van der Waals surface area contributed by atoms with Gasteiger partial charge in [0, 0.05) is 52.6 Å². The minimum absolute atomic E-state index is 0.0101. The summed E-state index contributed by atoms with van der Waals surface area (Å²) in [6, 6.07) is 39.9. The fraction of sp³-hybridized carbons (Fsp3) is 0.333. The first kappa shape index (κ1) is 45.8. The molecule has 0 saturated carbocycles. The van der Waals surface area contributed by atoms with Gasteiger partial charge in [-0.3, -0.25) is 33.7 Å². The molecule has 2 N–H and O–H groups in total. The van der Waals surface area contributed by atoms with Crippen molar-refractivity contribution in [1.29, 1.82) is 0 Å². The van der Waals surface area contributed by atoms with Crippen LogP contribution >= 0.6 is 18.1 Å². The Balaban J connectivity index is 1.23. The van der Waals surface area contributed by atoms with Gasteiger partial charge in [-0.15, -0.1) is 0 Å². The van der Waals surface area contributed by atoms with E-state index in [4.69, 9.17) is 30.5 Å². The van der Waals surface area contributed by atoms with Crippen molar-refractivity contribution in [3.63, 3.8) is 0 Å². The predicted octanol–water partition coefficient (Wildman–Crippen LogP) is 7.38. The molecule has 3 unspecified atom stereocenters. The van der Waals surface area contributed by atoms with E-state index in [1.165, 1.54) is 6.92 Å². The van der Waals surface area contributed by atoms with E-state index in [9.17, 15) is 24.1 Å². The Bertz CT molecular complexity index is 2570. The molecule has 2 aliphatic heterocycles. The van der Waals surface area contributed by atoms with Gasteiger partial charge in [-0.25, -0.2) is 14.6 Å². The number of benzene rings is 4. The number of hydrogen-bond acceptors (Lipinski definition) is 10. The van der Waals surface area contributed by atoms with E-state index in [2.05, 4.69) is 51.6 Å². The number of anilines is 1. The van der Waals surface area contributed by atoms with Crippen LogP contribution in [-0.2, 0) is 46.6 Å². The van der Waals surface area contributed by atoms with Crippen LogP contribution in [-0.4, -0.2) is 109 Å². The highest BCUT2D eigenvalue weighted by Gasteiger charge is 2.47. The number of nitrogens with zero attached hydrogens (tertiary/aromatic N) is 7. The summed E-state index contributed by atoms with van der Waals surface area (Å²) in [5, 5.41) is 13.0. The molecule has 0 bridgehead atoms. The summed E-state index contributed by atoms with van der Waals surface area (Å²) in [6.07, 6.45) is 0.0872. The number of piperazine rings is 1. The molecule has 338 valence electrons. The third-order valence-corrected chi connectivity index (χ3v) is 14.6. The van der Waals surface area contributed by atoms with Crippen molar-refractivity contribution >= 4 is 53.0 Å². The van der Waals surface area contributed by atoms with Gasteiger partial charge in [-0.05, 0) is 47.3 Å². The minimum atomic E-state index is -3.88. The molecule has 2 saturated heterocycles. The van der Waals surface area contributed by atoms with E-state index in [1.54, 1.807) is 34.3 Å². The molecule has 3 atom stereocenters. The maximum Gasteiger partial charge on any atom is 0.363 e. The second kappa shape index (κ2) is 19.4. The predicted molar refractivity (Wildman–Crippen MR) is 247 cm³/mol. The van der Waals surface area contributed by atoms with Gasteiger partial charge in [0.15, 0.2) is 5.65 Å². The van der Waals surface area contributed by atoms with Crippen LogP contribution in [0.25, 0.3) is 11.2 Å². The Labute approximate surface area is 382 Å². The third kappa shape index (κ3) is 9.91. The molecule has 0 radical (unpaired) electrons. The number of morpholine rings is 1. The zero-order valence-electron chi connectivity index (χ0n) is 36.5. The van der Waals surface area contributed by atoms with Crippen molar-refractivity contribution in [2.45, 2.75) is 51.5 Å². The summed E-state index contributed by atoms with van der Waals surface area (Å²) in [6.45, 7) is 2.55. The number of halogens is 1. The summed E-state index contributed by atoms with van der Waals surface area (Å²) in [5.74, 6) is -1.45. The average Bonchev–Trinajstić information content (AvgIpc) is 3.74. The number of aromatic nitrogens is 4. The van der Waals surface area contributed by atoms with Crippen molar-refractivity contribution in [2.75, 3.05) is 51.2 Å². The number of hydrogen-bond donors (Lipinski definition) is 2. The third-order valence-electron chi connectivity index (χ3n) is 12.1. The molecular weight excluding hydrogens is 867 g/mol. The van der Waals surface area contributed by atoms with Gasteiger partial charge in [-0.1, -0.05) is 121 Å². The van der Waals surface area contributed by atoms with Crippen molar-refractivity contribution in [3.8, 4) is 0 Å². The summed E-state index contributed by atoms with van der Waals surface area (Å²) in [5.41, 5.74) is 2.62. The summed E-state index contributed by atoms with van der Waals surface area (Å²) < 4.78 is 30.6. The standard InChI is InChI=1S/C48H52ClN8O7P/c1-34(58)54-24-26-56(27-25-54)65(49,62)63-32-39-30-55(48(36-18-10-5-11-19-36,37-20-12-6-13-21-37)38-22-14-7-15-23-38)31-42(64-39)57-33-50-43-40(29-47(2,3)45(60)61)51-46(53-44(43)57)52-41(59)28-35-16-8-4-9-17-35/h4-23,33,39,42H,24-32H2,1-3H3,(H,60,61)(H,51,52,53,59). The Morgan fingerprint density at radius 2 is 1.38 bits per heavy atom. The van der Waals surface area contributed by atoms with Gasteiger partial charge < -0.3 is 19.3 Å². The van der Waals surface area contributed by atoms with Crippen molar-refractivity contribution in [2.24, 2.45) is 5.41 Å². The van der Waals surface area contributed by atoms with Crippen LogP contribution in [0.2, 0.25) is 0 Å². The number of fused-ring (bicyclic) bond motifs is 1. The first-order valence-corrected chi connectivity index (χ1v) is 24.1. The molecule has 0 aliphatic carbocycles. The first-order chi connectivity index (χ1) is 31.2. The van der Waals surface area contributed by atoms with Crippen LogP contribution in [0, 0.1) is 5.41 Å². The highest BCUT2D eigenvalue weighted by atomic mass is 35.7. The second-order valence-corrected chi connectivity index (χ2v) is 20.0. The smallest absolute Gasteiger partial charge is 0.363 e. The van der Waals surface area contributed by atoms with Crippen molar-refractivity contribution in [3.05, 3.63) is 156 Å². The molecule has 2 fully saturated rings. The molecule has 65 heavy (non-hydrogen) atoms. The number of amides is 2. The monoisotopic (exact) mass is 918 g/mol. The van der Waals surface area contributed by atoms with E-state index < -0.39 is 36.1 Å². The van der Waals surface area contributed by atoms with Gasteiger partial charge in [0.25, 0.3) is 0 Å². The summed E-state index contributed by atoms with van der Waals surface area (Å²) >= 11 is 6.77. The largest absolute Gasteiger partial charge is 0.481 e. The lowest BCUT2D eigenvalue weighted by Crippen LogP contribution is -2.57. The first-order valence-electron chi connectivity index (χ1n) is 21.6. The molecule has 17 heteroatoms. The fourth-order valence-electron chi connectivity index (χ4n) is 8.74.